The molecule has 0 aliphatic carbocycles. The number of nitrogens with one attached hydrogen (secondary N) is 1. The van der Waals surface area contributed by atoms with E-state index < -0.39 is 0 Å². The van der Waals surface area contributed by atoms with Crippen LogP contribution in [0.5, 0.6) is 0 Å². The largest absolute Gasteiger partial charge is 0.397 e. The molecule has 1 amide bonds. The van der Waals surface area contributed by atoms with E-state index in [1.54, 1.807) is 18.2 Å². The molecule has 0 spiro atoms. The maximum atomic E-state index is 12.2. The van der Waals surface area contributed by atoms with Crippen LogP contribution in [0.25, 0.3) is 0 Å². The predicted octanol–water partition coefficient (Wildman–Crippen LogP) is 4.01. The normalized spacial score (nSPS) is 10.0. The third-order valence-electron chi connectivity index (χ3n) is 2.93. The Morgan fingerprint density at radius 3 is 2.62 bits per heavy atom. The van der Waals surface area contributed by atoms with Crippen LogP contribution in [0.15, 0.2) is 30.3 Å². The van der Waals surface area contributed by atoms with E-state index in [2.05, 4.69) is 5.32 Å². The topological polar surface area (TPSA) is 78.9 Å². The molecule has 0 bridgehead atoms. The van der Waals surface area contributed by atoms with Gasteiger partial charge >= 0.3 is 0 Å². The monoisotopic (exact) mass is 319 g/mol. The number of benzene rings is 2. The van der Waals surface area contributed by atoms with E-state index in [9.17, 15) is 4.79 Å². The number of halogens is 2. The van der Waals surface area contributed by atoms with E-state index in [0.717, 1.165) is 5.56 Å². The van der Waals surface area contributed by atoms with Gasteiger partial charge in [-0.3, -0.25) is 4.79 Å². The Balaban J connectivity index is 2.33. The van der Waals surface area contributed by atoms with Crippen molar-refractivity contribution < 1.29 is 4.79 Å². The summed E-state index contributed by atoms with van der Waals surface area (Å²) in [5, 5.41) is 12.1. The van der Waals surface area contributed by atoms with Crippen molar-refractivity contribution in [1.29, 1.82) is 5.26 Å². The molecule has 0 atom stereocenters. The number of rotatable bonds is 2. The van der Waals surface area contributed by atoms with Crippen LogP contribution in [0.4, 0.5) is 11.4 Å². The van der Waals surface area contributed by atoms with Gasteiger partial charge in [-0.25, -0.2) is 0 Å². The molecule has 3 N–H and O–H groups in total. The average Bonchev–Trinajstić information content (AvgIpc) is 2.46. The smallest absolute Gasteiger partial charge is 0.255 e. The Morgan fingerprint density at radius 1 is 1.29 bits per heavy atom. The molecule has 0 radical (unpaired) electrons. The van der Waals surface area contributed by atoms with E-state index in [0.29, 0.717) is 16.8 Å². The van der Waals surface area contributed by atoms with E-state index >= 15 is 0 Å². The summed E-state index contributed by atoms with van der Waals surface area (Å²) in [6.45, 7) is 1.83. The summed E-state index contributed by atoms with van der Waals surface area (Å²) in [5.74, 6) is -0.376. The van der Waals surface area contributed by atoms with Gasteiger partial charge in [0.25, 0.3) is 5.91 Å². The second-order valence-electron chi connectivity index (χ2n) is 4.46. The van der Waals surface area contributed by atoms with Crippen molar-refractivity contribution >= 4 is 40.5 Å². The van der Waals surface area contributed by atoms with Crippen molar-refractivity contribution in [3.63, 3.8) is 0 Å². The van der Waals surface area contributed by atoms with Gasteiger partial charge in [-0.1, -0.05) is 29.3 Å². The number of amides is 1. The Morgan fingerprint density at radius 2 is 2.00 bits per heavy atom. The molecule has 0 saturated carbocycles. The second kappa shape index (κ2) is 6.04. The fraction of sp³-hybridized carbons (Fsp3) is 0.0667. The highest BCUT2D eigenvalue weighted by Crippen LogP contribution is 2.29. The highest BCUT2D eigenvalue weighted by molar-refractivity contribution is 6.44. The summed E-state index contributed by atoms with van der Waals surface area (Å²) in [5.41, 5.74) is 8.08. The first-order chi connectivity index (χ1) is 9.92. The van der Waals surface area contributed by atoms with Crippen molar-refractivity contribution in [1.82, 2.24) is 0 Å². The van der Waals surface area contributed by atoms with Gasteiger partial charge in [-0.05, 0) is 36.8 Å². The standard InChI is InChI=1S/C15H11Cl2N3O/c1-8-2-3-9(7-18)4-13(8)20-15(21)10-5-11(16)14(17)12(19)6-10/h2-6H,19H2,1H3,(H,20,21). The minimum atomic E-state index is -0.376. The van der Waals surface area contributed by atoms with Gasteiger partial charge in [0.2, 0.25) is 0 Å². The van der Waals surface area contributed by atoms with Crippen LogP contribution < -0.4 is 11.1 Å². The third kappa shape index (κ3) is 3.27. The highest BCUT2D eigenvalue weighted by Gasteiger charge is 2.12. The van der Waals surface area contributed by atoms with Crippen LogP contribution >= 0.6 is 23.2 Å². The predicted molar refractivity (Wildman–Crippen MR) is 84.7 cm³/mol. The van der Waals surface area contributed by atoms with E-state index in [4.69, 9.17) is 34.2 Å². The third-order valence-corrected chi connectivity index (χ3v) is 3.75. The summed E-state index contributed by atoms with van der Waals surface area (Å²) in [6, 6.07) is 9.97. The van der Waals surface area contributed by atoms with Gasteiger partial charge in [0.05, 0.1) is 27.4 Å². The van der Waals surface area contributed by atoms with Crippen LogP contribution in [0.1, 0.15) is 21.5 Å². The first kappa shape index (κ1) is 15.2. The molecule has 0 saturated heterocycles. The molecule has 2 aromatic carbocycles. The summed E-state index contributed by atoms with van der Waals surface area (Å²) in [4.78, 5) is 12.2. The Kier molecular flexibility index (Phi) is 4.37. The lowest BCUT2D eigenvalue weighted by molar-refractivity contribution is 0.102. The molecule has 4 nitrogen and oxygen atoms in total. The Bertz CT molecular complexity index is 743. The second-order valence-corrected chi connectivity index (χ2v) is 5.24. The molecule has 2 rings (SSSR count). The Labute approximate surface area is 132 Å². The number of nitrogen functional groups attached to an aromatic ring is 1. The quantitative estimate of drug-likeness (QED) is 0.821. The molecule has 6 heteroatoms. The number of hydrogen-bond donors (Lipinski definition) is 2. The lowest BCUT2D eigenvalue weighted by Crippen LogP contribution is -2.13. The molecule has 0 unspecified atom stereocenters. The number of anilines is 2. The highest BCUT2D eigenvalue weighted by atomic mass is 35.5. The lowest BCUT2D eigenvalue weighted by atomic mass is 10.1. The number of nitrogens with zero attached hydrogens (tertiary/aromatic N) is 1. The molecular weight excluding hydrogens is 309 g/mol. The van der Waals surface area contributed by atoms with Crippen molar-refractivity contribution in [3.05, 3.63) is 57.1 Å². The number of carbonyl (C=O) groups is 1. The molecule has 0 fully saturated rings. The van der Waals surface area contributed by atoms with Gasteiger partial charge in [-0.2, -0.15) is 5.26 Å². The van der Waals surface area contributed by atoms with E-state index in [1.807, 2.05) is 13.0 Å². The molecule has 0 aliphatic heterocycles. The maximum Gasteiger partial charge on any atom is 0.255 e. The fourth-order valence-electron chi connectivity index (χ4n) is 1.76. The van der Waals surface area contributed by atoms with Gasteiger partial charge in [0, 0.05) is 11.3 Å². The van der Waals surface area contributed by atoms with Crippen molar-refractivity contribution in [2.24, 2.45) is 0 Å². The van der Waals surface area contributed by atoms with Crippen molar-refractivity contribution in [3.8, 4) is 6.07 Å². The minimum absolute atomic E-state index is 0.212. The summed E-state index contributed by atoms with van der Waals surface area (Å²) in [6.07, 6.45) is 0. The molecular formula is C15H11Cl2N3O. The van der Waals surface area contributed by atoms with Crippen molar-refractivity contribution in [2.75, 3.05) is 11.1 Å². The molecule has 0 aromatic heterocycles. The fourth-order valence-corrected chi connectivity index (χ4v) is 2.10. The SMILES string of the molecule is Cc1ccc(C#N)cc1NC(=O)c1cc(N)c(Cl)c(Cl)c1. The maximum absolute atomic E-state index is 12.2. The summed E-state index contributed by atoms with van der Waals surface area (Å²) in [7, 11) is 0. The number of nitriles is 1. The molecule has 21 heavy (non-hydrogen) atoms. The van der Waals surface area contributed by atoms with Gasteiger partial charge in [0.15, 0.2) is 0 Å². The number of carbonyl (C=O) groups excluding carboxylic acids is 1. The zero-order valence-electron chi connectivity index (χ0n) is 11.1. The van der Waals surface area contributed by atoms with Crippen LogP contribution in [0.3, 0.4) is 0 Å². The van der Waals surface area contributed by atoms with E-state index in [1.165, 1.54) is 12.1 Å². The zero-order chi connectivity index (χ0) is 15.6. The van der Waals surface area contributed by atoms with E-state index in [-0.39, 0.29) is 21.6 Å². The Hall–Kier alpha value is -2.22. The van der Waals surface area contributed by atoms with Crippen LogP contribution in [0, 0.1) is 18.3 Å². The zero-order valence-corrected chi connectivity index (χ0v) is 12.6. The summed E-state index contributed by atoms with van der Waals surface area (Å²) < 4.78 is 0. The average molecular weight is 320 g/mol. The van der Waals surface area contributed by atoms with Crippen LogP contribution in [0.2, 0.25) is 10.0 Å². The molecule has 0 heterocycles. The molecule has 0 aliphatic rings. The van der Waals surface area contributed by atoms with Gasteiger partial charge in [-0.15, -0.1) is 0 Å². The van der Waals surface area contributed by atoms with Crippen molar-refractivity contribution in [2.45, 2.75) is 6.92 Å². The first-order valence-corrected chi connectivity index (χ1v) is 6.74. The number of hydrogen-bond acceptors (Lipinski definition) is 3. The van der Waals surface area contributed by atoms with Gasteiger partial charge in [0.1, 0.15) is 0 Å². The first-order valence-electron chi connectivity index (χ1n) is 5.99. The van der Waals surface area contributed by atoms with Crippen LogP contribution in [-0.4, -0.2) is 5.91 Å². The molecule has 2 aromatic rings. The minimum Gasteiger partial charge on any atom is -0.397 e. The number of nitrogens with two attached hydrogens (primary N) is 1. The number of aryl methyl sites for hydroxylation is 1. The van der Waals surface area contributed by atoms with Crippen LogP contribution in [-0.2, 0) is 0 Å². The molecule has 106 valence electrons. The summed E-state index contributed by atoms with van der Waals surface area (Å²) >= 11 is 11.8. The van der Waals surface area contributed by atoms with Gasteiger partial charge < -0.3 is 11.1 Å². The lowest BCUT2D eigenvalue weighted by Gasteiger charge is -2.10.